The van der Waals surface area contributed by atoms with E-state index in [2.05, 4.69) is 10.2 Å². The number of benzene rings is 1. The van der Waals surface area contributed by atoms with Crippen LogP contribution in [0.5, 0.6) is 0 Å². The van der Waals surface area contributed by atoms with Gasteiger partial charge in [0.2, 0.25) is 0 Å². The molecule has 0 unspecified atom stereocenters. The first-order chi connectivity index (χ1) is 8.66. The highest BCUT2D eigenvalue weighted by molar-refractivity contribution is 5.88. The Morgan fingerprint density at radius 1 is 1.39 bits per heavy atom. The number of nitrogens with zero attached hydrogens (tertiary/aromatic N) is 2. The van der Waals surface area contributed by atoms with Crippen molar-refractivity contribution in [2.45, 2.75) is 6.61 Å². The first kappa shape index (κ1) is 11.8. The Kier molecular flexibility index (Phi) is 3.33. The number of non-ortho nitro benzene ring substituents is 1. The van der Waals surface area contributed by atoms with Crippen molar-refractivity contribution in [2.75, 3.05) is 0 Å². The van der Waals surface area contributed by atoms with Gasteiger partial charge in [0.05, 0.1) is 16.7 Å². The zero-order valence-electron chi connectivity index (χ0n) is 9.20. The summed E-state index contributed by atoms with van der Waals surface area (Å²) >= 11 is 0. The van der Waals surface area contributed by atoms with E-state index in [0.29, 0.717) is 11.1 Å². The maximum absolute atomic E-state index is 11.5. The lowest BCUT2D eigenvalue weighted by Crippen LogP contribution is -2.04. The minimum Gasteiger partial charge on any atom is -0.457 e. The third-order valence-corrected chi connectivity index (χ3v) is 2.25. The van der Waals surface area contributed by atoms with Gasteiger partial charge < -0.3 is 4.74 Å². The Morgan fingerprint density at radius 3 is 2.67 bits per heavy atom. The third kappa shape index (κ3) is 2.70. The minimum absolute atomic E-state index is 0.0000823. The number of esters is 1. The molecule has 1 aromatic carbocycles. The SMILES string of the molecule is O=C(OCc1ccc([N+](=O)[O-])cc1)c1cn[nH]c1. The number of rotatable bonds is 4. The summed E-state index contributed by atoms with van der Waals surface area (Å²) in [6.45, 7) is 0.0575. The number of hydrogen-bond acceptors (Lipinski definition) is 5. The lowest BCUT2D eigenvalue weighted by molar-refractivity contribution is -0.384. The van der Waals surface area contributed by atoms with Crippen LogP contribution in [-0.2, 0) is 11.3 Å². The number of nitrogens with one attached hydrogen (secondary N) is 1. The second kappa shape index (κ2) is 5.09. The van der Waals surface area contributed by atoms with Crippen molar-refractivity contribution in [2.24, 2.45) is 0 Å². The highest BCUT2D eigenvalue weighted by Crippen LogP contribution is 2.13. The molecule has 2 rings (SSSR count). The van der Waals surface area contributed by atoms with Crippen molar-refractivity contribution in [1.29, 1.82) is 0 Å². The molecule has 92 valence electrons. The van der Waals surface area contributed by atoms with Crippen LogP contribution in [0.1, 0.15) is 15.9 Å². The predicted octanol–water partition coefficient (Wildman–Crippen LogP) is 1.67. The fraction of sp³-hybridized carbons (Fsp3) is 0.0909. The van der Waals surface area contributed by atoms with Gasteiger partial charge in [-0.15, -0.1) is 0 Å². The number of carbonyl (C=O) groups is 1. The molecule has 7 nitrogen and oxygen atoms in total. The van der Waals surface area contributed by atoms with Crippen LogP contribution in [0.2, 0.25) is 0 Å². The summed E-state index contributed by atoms with van der Waals surface area (Å²) in [4.78, 5) is 21.4. The zero-order valence-corrected chi connectivity index (χ0v) is 9.20. The third-order valence-electron chi connectivity index (χ3n) is 2.25. The van der Waals surface area contributed by atoms with E-state index in [1.807, 2.05) is 0 Å². The molecule has 1 heterocycles. The van der Waals surface area contributed by atoms with Gasteiger partial charge >= 0.3 is 5.97 Å². The number of carbonyl (C=O) groups excluding carboxylic acids is 1. The second-order valence-electron chi connectivity index (χ2n) is 3.49. The van der Waals surface area contributed by atoms with Gasteiger partial charge in [-0.05, 0) is 17.7 Å². The molecule has 1 aromatic heterocycles. The summed E-state index contributed by atoms with van der Waals surface area (Å²) < 4.78 is 5.00. The predicted molar refractivity (Wildman–Crippen MR) is 60.8 cm³/mol. The van der Waals surface area contributed by atoms with Crippen molar-refractivity contribution >= 4 is 11.7 Å². The first-order valence-electron chi connectivity index (χ1n) is 5.06. The van der Waals surface area contributed by atoms with E-state index in [4.69, 9.17) is 4.74 Å². The summed E-state index contributed by atoms with van der Waals surface area (Å²) in [6.07, 6.45) is 2.79. The van der Waals surface area contributed by atoms with Crippen LogP contribution in [-0.4, -0.2) is 21.1 Å². The van der Waals surface area contributed by atoms with E-state index in [1.165, 1.54) is 24.5 Å². The molecular weight excluding hydrogens is 238 g/mol. The Morgan fingerprint density at radius 2 is 2.11 bits per heavy atom. The maximum Gasteiger partial charge on any atom is 0.341 e. The van der Waals surface area contributed by atoms with Crippen LogP contribution in [0, 0.1) is 10.1 Å². The standard InChI is InChI=1S/C11H9N3O4/c15-11(9-5-12-13-6-9)18-7-8-1-3-10(4-2-8)14(16)17/h1-6H,7H2,(H,12,13). The molecule has 0 saturated carbocycles. The normalized spacial score (nSPS) is 10.0. The summed E-state index contributed by atoms with van der Waals surface area (Å²) in [5.41, 5.74) is 1.01. The van der Waals surface area contributed by atoms with E-state index in [9.17, 15) is 14.9 Å². The molecule has 2 aromatic rings. The molecule has 0 saturated heterocycles. The Bertz CT molecular complexity index is 548. The molecule has 0 bridgehead atoms. The van der Waals surface area contributed by atoms with Crippen LogP contribution in [0.15, 0.2) is 36.7 Å². The molecule has 1 N–H and O–H groups in total. The minimum atomic E-state index is -0.498. The lowest BCUT2D eigenvalue weighted by Gasteiger charge is -2.02. The van der Waals surface area contributed by atoms with Crippen LogP contribution in [0.25, 0.3) is 0 Å². The molecule has 0 atom stereocenters. The molecule has 0 amide bonds. The number of nitro benzene ring substituents is 1. The molecule has 0 aliphatic heterocycles. The smallest absolute Gasteiger partial charge is 0.341 e. The Balaban J connectivity index is 1.94. The van der Waals surface area contributed by atoms with Gasteiger partial charge in [0.15, 0.2) is 0 Å². The zero-order chi connectivity index (χ0) is 13.0. The van der Waals surface area contributed by atoms with E-state index in [0.717, 1.165) is 0 Å². The fourth-order valence-electron chi connectivity index (χ4n) is 1.31. The topological polar surface area (TPSA) is 98.1 Å². The van der Waals surface area contributed by atoms with Crippen molar-refractivity contribution in [3.63, 3.8) is 0 Å². The summed E-state index contributed by atoms with van der Waals surface area (Å²) in [7, 11) is 0. The van der Waals surface area contributed by atoms with Gasteiger partial charge in [-0.2, -0.15) is 5.10 Å². The van der Waals surface area contributed by atoms with Gasteiger partial charge in [-0.3, -0.25) is 15.2 Å². The van der Waals surface area contributed by atoms with Crippen LogP contribution in [0.3, 0.4) is 0 Å². The fourth-order valence-corrected chi connectivity index (χ4v) is 1.31. The number of H-pyrrole nitrogens is 1. The van der Waals surface area contributed by atoms with Gasteiger partial charge in [0.25, 0.3) is 5.69 Å². The van der Waals surface area contributed by atoms with Crippen LogP contribution < -0.4 is 0 Å². The van der Waals surface area contributed by atoms with Crippen LogP contribution in [0.4, 0.5) is 5.69 Å². The summed E-state index contributed by atoms with van der Waals surface area (Å²) in [5, 5.41) is 16.6. The van der Waals surface area contributed by atoms with E-state index in [-0.39, 0.29) is 12.3 Å². The van der Waals surface area contributed by atoms with Crippen molar-refractivity contribution < 1.29 is 14.5 Å². The largest absolute Gasteiger partial charge is 0.457 e. The summed E-state index contributed by atoms with van der Waals surface area (Å²) in [5.74, 6) is -0.498. The van der Waals surface area contributed by atoms with Crippen LogP contribution >= 0.6 is 0 Å². The maximum atomic E-state index is 11.5. The van der Waals surface area contributed by atoms with Crippen molar-refractivity contribution in [3.8, 4) is 0 Å². The van der Waals surface area contributed by atoms with Gasteiger partial charge in [-0.25, -0.2) is 4.79 Å². The van der Waals surface area contributed by atoms with E-state index < -0.39 is 10.9 Å². The second-order valence-corrected chi connectivity index (χ2v) is 3.49. The van der Waals surface area contributed by atoms with Crippen molar-refractivity contribution in [1.82, 2.24) is 10.2 Å². The number of nitro groups is 1. The lowest BCUT2D eigenvalue weighted by atomic mass is 10.2. The van der Waals surface area contributed by atoms with E-state index >= 15 is 0 Å². The van der Waals surface area contributed by atoms with E-state index in [1.54, 1.807) is 12.1 Å². The van der Waals surface area contributed by atoms with Gasteiger partial charge in [0, 0.05) is 18.3 Å². The molecule has 0 radical (unpaired) electrons. The number of aromatic nitrogens is 2. The molecule has 0 fully saturated rings. The average molecular weight is 247 g/mol. The Hall–Kier alpha value is -2.70. The summed E-state index contributed by atoms with van der Waals surface area (Å²) in [6, 6.07) is 5.81. The molecule has 7 heteroatoms. The average Bonchev–Trinajstić information content (AvgIpc) is 2.90. The molecule has 18 heavy (non-hydrogen) atoms. The van der Waals surface area contributed by atoms with Crippen molar-refractivity contribution in [3.05, 3.63) is 57.9 Å². The monoisotopic (exact) mass is 247 g/mol. The number of hydrogen-bond donors (Lipinski definition) is 1. The Labute approximate surface area is 102 Å². The van der Waals surface area contributed by atoms with Gasteiger partial charge in [-0.1, -0.05) is 0 Å². The number of aromatic amines is 1. The molecule has 0 spiro atoms. The first-order valence-corrected chi connectivity index (χ1v) is 5.06. The quantitative estimate of drug-likeness (QED) is 0.503. The molecular formula is C11H9N3O4. The molecule has 0 aliphatic rings. The highest BCUT2D eigenvalue weighted by atomic mass is 16.6. The van der Waals surface area contributed by atoms with Gasteiger partial charge in [0.1, 0.15) is 6.61 Å². The number of ether oxygens (including phenoxy) is 1. The molecule has 0 aliphatic carbocycles. The highest BCUT2D eigenvalue weighted by Gasteiger charge is 2.09.